The van der Waals surface area contributed by atoms with Crippen molar-refractivity contribution >= 4 is 55.0 Å². The second-order valence-electron chi connectivity index (χ2n) is 16.2. The molecule has 0 amide bonds. The van der Waals surface area contributed by atoms with E-state index in [1.165, 1.54) is 32.7 Å². The summed E-state index contributed by atoms with van der Waals surface area (Å²) in [7, 11) is 7.71. The van der Waals surface area contributed by atoms with Gasteiger partial charge in [0.2, 0.25) is 0 Å². The maximum Gasteiger partial charge on any atom is 0.188 e. The lowest BCUT2D eigenvalue weighted by Gasteiger charge is -2.29. The molecule has 0 aliphatic carbocycles. The Balaban J connectivity index is 1.00. The van der Waals surface area contributed by atoms with Crippen molar-refractivity contribution in [1.29, 1.82) is 0 Å². The summed E-state index contributed by atoms with van der Waals surface area (Å²) in [5.74, 6) is 1.68. The van der Waals surface area contributed by atoms with Crippen LogP contribution in [0, 0.1) is 13.8 Å². The Hall–Kier alpha value is -6.74. The second-order valence-corrected chi connectivity index (χ2v) is 16.2. The monoisotopic (exact) mass is 822 g/mol. The third-order valence-corrected chi connectivity index (χ3v) is 12.0. The lowest BCUT2D eigenvalue weighted by molar-refractivity contribution is 0.0503. The highest BCUT2D eigenvalue weighted by molar-refractivity contribution is 6.10. The van der Waals surface area contributed by atoms with Crippen LogP contribution in [0.1, 0.15) is 22.3 Å². The fraction of sp³-hybridized carbons (Fsp3) is 0.222. The van der Waals surface area contributed by atoms with E-state index in [-0.39, 0.29) is 13.6 Å². The molecular weight excluding hydrogens is 769 g/mol. The van der Waals surface area contributed by atoms with E-state index in [0.29, 0.717) is 0 Å². The largest absolute Gasteiger partial charge is 0.465 e. The molecule has 0 unspecified atom stereocenters. The number of methoxy groups -OCH3 is 2. The Morgan fingerprint density at radius 2 is 0.758 bits per heavy atom. The van der Waals surface area contributed by atoms with Crippen molar-refractivity contribution in [3.63, 3.8) is 0 Å². The van der Waals surface area contributed by atoms with Crippen LogP contribution in [0.4, 0.5) is 11.4 Å². The van der Waals surface area contributed by atoms with Gasteiger partial charge in [0.05, 0.1) is 44.8 Å². The molecule has 0 aliphatic heterocycles. The van der Waals surface area contributed by atoms with Crippen molar-refractivity contribution in [2.75, 3.05) is 64.8 Å². The standard InChI is InChI=1S/C54H54N4O4/c1-37-31-39(53(61-35-59-5)51(33-37)57-45-21-11-7-17-41(45)42-18-8-12-22-46(42)57)27-29-55(3)49-25-15-16-26-50(49)56(4)30-28-40-32-38(2)34-52(54(40)62-36-60-6)58-47-23-13-9-19-43(47)44-20-10-14-24-48(44)58/h7-26,31-34H,27-30,35-36H2,1-6H3. The van der Waals surface area contributed by atoms with Crippen molar-refractivity contribution < 1.29 is 18.9 Å². The Morgan fingerprint density at radius 1 is 0.435 bits per heavy atom. The van der Waals surface area contributed by atoms with Crippen molar-refractivity contribution in [2.45, 2.75) is 26.7 Å². The summed E-state index contributed by atoms with van der Waals surface area (Å²) in [5, 5.41) is 4.87. The van der Waals surface area contributed by atoms with Crippen LogP contribution in [0.2, 0.25) is 0 Å². The van der Waals surface area contributed by atoms with Crippen LogP contribution in [0.5, 0.6) is 11.5 Å². The van der Waals surface area contributed by atoms with E-state index in [1.54, 1.807) is 14.2 Å². The molecular formula is C54H54N4O4. The predicted octanol–water partition coefficient (Wildman–Crippen LogP) is 11.8. The molecule has 2 aromatic heterocycles. The minimum Gasteiger partial charge on any atom is -0.465 e. The smallest absolute Gasteiger partial charge is 0.188 e. The van der Waals surface area contributed by atoms with Crippen molar-refractivity contribution in [3.8, 4) is 22.9 Å². The van der Waals surface area contributed by atoms with Crippen molar-refractivity contribution in [2.24, 2.45) is 0 Å². The molecule has 0 N–H and O–H groups in total. The van der Waals surface area contributed by atoms with Crippen LogP contribution >= 0.6 is 0 Å². The molecule has 0 radical (unpaired) electrons. The summed E-state index contributed by atoms with van der Waals surface area (Å²) >= 11 is 0. The highest BCUT2D eigenvalue weighted by Crippen LogP contribution is 2.40. The molecule has 314 valence electrons. The first-order valence-electron chi connectivity index (χ1n) is 21.3. The van der Waals surface area contributed by atoms with Crippen LogP contribution in [0.3, 0.4) is 0 Å². The number of likely N-dealkylation sites (N-methyl/N-ethyl adjacent to an activating group) is 2. The van der Waals surface area contributed by atoms with Crippen molar-refractivity contribution in [1.82, 2.24) is 9.13 Å². The normalized spacial score (nSPS) is 11.6. The minimum atomic E-state index is 0.156. The fourth-order valence-corrected chi connectivity index (χ4v) is 9.22. The second kappa shape index (κ2) is 17.7. The molecule has 0 saturated carbocycles. The van der Waals surface area contributed by atoms with E-state index in [0.717, 1.165) is 93.4 Å². The zero-order chi connectivity index (χ0) is 42.7. The number of nitrogens with zero attached hydrogens (tertiary/aromatic N) is 4. The maximum absolute atomic E-state index is 6.50. The van der Waals surface area contributed by atoms with E-state index < -0.39 is 0 Å². The summed E-state index contributed by atoms with van der Waals surface area (Å²) in [6.07, 6.45) is 1.54. The lowest BCUT2D eigenvalue weighted by atomic mass is 10.0. The van der Waals surface area contributed by atoms with Crippen LogP contribution in [0.15, 0.2) is 146 Å². The molecule has 8 heteroatoms. The summed E-state index contributed by atoms with van der Waals surface area (Å²) < 4.78 is 28.7. The molecule has 9 aromatic rings. The lowest BCUT2D eigenvalue weighted by Crippen LogP contribution is -2.26. The predicted molar refractivity (Wildman–Crippen MR) is 256 cm³/mol. The van der Waals surface area contributed by atoms with E-state index in [2.05, 4.69) is 192 Å². The molecule has 62 heavy (non-hydrogen) atoms. The Labute approximate surface area is 364 Å². The number of benzene rings is 7. The summed E-state index contributed by atoms with van der Waals surface area (Å²) in [6.45, 7) is 6.20. The van der Waals surface area contributed by atoms with Gasteiger partial charge < -0.3 is 37.9 Å². The maximum atomic E-state index is 6.50. The van der Waals surface area contributed by atoms with E-state index in [1.807, 2.05) is 0 Å². The van der Waals surface area contributed by atoms with Crippen molar-refractivity contribution in [3.05, 3.63) is 168 Å². The van der Waals surface area contributed by atoms with Gasteiger partial charge in [-0.3, -0.25) is 0 Å². The molecule has 8 nitrogen and oxygen atoms in total. The SMILES string of the molecule is COCOc1c(CCN(C)c2ccccc2N(C)CCc2cc(C)cc(-n3c4ccccc4c4ccccc43)c2OCOC)cc(C)cc1-n1c2ccccc2c2ccccc21. The molecule has 0 saturated heterocycles. The molecule has 0 spiro atoms. The van der Waals surface area contributed by atoms with Gasteiger partial charge in [0.15, 0.2) is 13.6 Å². The average Bonchev–Trinajstić information content (AvgIpc) is 3.82. The third-order valence-electron chi connectivity index (χ3n) is 12.0. The van der Waals surface area contributed by atoms with Gasteiger partial charge >= 0.3 is 0 Å². The van der Waals surface area contributed by atoms with Gasteiger partial charge in [-0.15, -0.1) is 0 Å². The van der Waals surface area contributed by atoms with Crippen LogP contribution in [-0.4, -0.2) is 64.1 Å². The summed E-state index contributed by atoms with van der Waals surface area (Å²) in [4.78, 5) is 4.71. The first kappa shape index (κ1) is 40.7. The number of ether oxygens (including phenoxy) is 4. The Bertz CT molecular complexity index is 2730. The van der Waals surface area contributed by atoms with Gasteiger partial charge in [-0.2, -0.15) is 0 Å². The number of hydrogen-bond donors (Lipinski definition) is 0. The first-order valence-corrected chi connectivity index (χ1v) is 21.3. The Kier molecular flexibility index (Phi) is 11.6. The molecule has 0 aliphatic rings. The third kappa shape index (κ3) is 7.61. The summed E-state index contributed by atoms with van der Waals surface area (Å²) in [5.41, 5.74) is 13.6. The van der Waals surface area contributed by atoms with Gasteiger partial charge in [0, 0.05) is 62.9 Å². The van der Waals surface area contributed by atoms with Gasteiger partial charge in [-0.25, -0.2) is 0 Å². The molecule has 0 fully saturated rings. The number of hydrogen-bond acceptors (Lipinski definition) is 6. The molecule has 2 heterocycles. The van der Waals surface area contributed by atoms with Crippen LogP contribution in [0.25, 0.3) is 55.0 Å². The van der Waals surface area contributed by atoms with E-state index in [4.69, 9.17) is 18.9 Å². The zero-order valence-electron chi connectivity index (χ0n) is 36.5. The quantitative estimate of drug-likeness (QED) is 0.0905. The first-order chi connectivity index (χ1) is 30.4. The van der Waals surface area contributed by atoms with Gasteiger partial charge in [0.1, 0.15) is 11.5 Å². The molecule has 7 aromatic carbocycles. The number of aromatic nitrogens is 2. The summed E-state index contributed by atoms with van der Waals surface area (Å²) in [6, 6.07) is 52.0. The Morgan fingerprint density at radius 3 is 1.10 bits per heavy atom. The van der Waals surface area contributed by atoms with Gasteiger partial charge in [-0.05, 0) is 97.5 Å². The van der Waals surface area contributed by atoms with Gasteiger partial charge in [-0.1, -0.05) is 97.1 Å². The van der Waals surface area contributed by atoms with E-state index in [9.17, 15) is 0 Å². The van der Waals surface area contributed by atoms with Crippen LogP contribution < -0.4 is 19.3 Å². The molecule has 9 rings (SSSR count). The fourth-order valence-electron chi connectivity index (χ4n) is 9.22. The number of para-hydroxylation sites is 6. The average molecular weight is 823 g/mol. The highest BCUT2D eigenvalue weighted by Gasteiger charge is 2.22. The molecule has 0 atom stereocenters. The number of rotatable bonds is 16. The van der Waals surface area contributed by atoms with Crippen LogP contribution in [-0.2, 0) is 22.3 Å². The van der Waals surface area contributed by atoms with E-state index >= 15 is 0 Å². The topological polar surface area (TPSA) is 53.3 Å². The number of aryl methyl sites for hydroxylation is 2. The van der Waals surface area contributed by atoms with Gasteiger partial charge in [0.25, 0.3) is 0 Å². The highest BCUT2D eigenvalue weighted by atomic mass is 16.7. The minimum absolute atomic E-state index is 0.156. The molecule has 0 bridgehead atoms. The number of anilines is 2. The number of fused-ring (bicyclic) bond motifs is 6. The zero-order valence-corrected chi connectivity index (χ0v) is 36.5.